The lowest BCUT2D eigenvalue weighted by atomic mass is 10.1. The number of nitrogens with zero attached hydrogens (tertiary/aromatic N) is 3. The van der Waals surface area contributed by atoms with Crippen LogP contribution in [0, 0.1) is 0 Å². The summed E-state index contributed by atoms with van der Waals surface area (Å²) in [6.07, 6.45) is 8.93. The molecule has 0 aromatic carbocycles. The highest BCUT2D eigenvalue weighted by molar-refractivity contribution is 5.93. The molecule has 1 aromatic rings. The zero-order valence-corrected chi connectivity index (χ0v) is 9.88. The summed E-state index contributed by atoms with van der Waals surface area (Å²) in [4.78, 5) is 22.0. The van der Waals surface area contributed by atoms with Crippen molar-refractivity contribution in [3.63, 3.8) is 0 Å². The molecule has 0 saturated carbocycles. The predicted octanol–water partition coefficient (Wildman–Crippen LogP) is 0.820. The average Bonchev–Trinajstić information content (AvgIpc) is 2.64. The maximum atomic E-state index is 12.3. The Kier molecular flexibility index (Phi) is 4.03. The van der Waals surface area contributed by atoms with Crippen molar-refractivity contribution in [2.24, 2.45) is 5.73 Å². The lowest BCUT2D eigenvalue weighted by molar-refractivity contribution is 0.0688. The van der Waals surface area contributed by atoms with Crippen LogP contribution in [-0.2, 0) is 0 Å². The SMILES string of the molecule is NCC1CCCCCN1C(=O)c1cncnc1. The number of rotatable bonds is 2. The summed E-state index contributed by atoms with van der Waals surface area (Å²) >= 11 is 0. The van der Waals surface area contributed by atoms with Gasteiger partial charge in [-0.3, -0.25) is 4.79 Å². The molecule has 5 heteroatoms. The fourth-order valence-electron chi connectivity index (χ4n) is 2.27. The van der Waals surface area contributed by atoms with E-state index in [1.807, 2.05) is 4.90 Å². The summed E-state index contributed by atoms with van der Waals surface area (Å²) in [5.74, 6) is 0.00273. The molecule has 1 atom stereocenters. The number of nitrogens with two attached hydrogens (primary N) is 1. The zero-order chi connectivity index (χ0) is 12.1. The number of amides is 1. The van der Waals surface area contributed by atoms with Crippen molar-refractivity contribution in [2.75, 3.05) is 13.1 Å². The van der Waals surface area contributed by atoms with E-state index < -0.39 is 0 Å². The van der Waals surface area contributed by atoms with Crippen molar-refractivity contribution in [3.05, 3.63) is 24.3 Å². The Morgan fingerprint density at radius 3 is 2.82 bits per heavy atom. The summed E-state index contributed by atoms with van der Waals surface area (Å²) < 4.78 is 0. The highest BCUT2D eigenvalue weighted by atomic mass is 16.2. The minimum absolute atomic E-state index is 0.00273. The fraction of sp³-hybridized carbons (Fsp3) is 0.583. The molecule has 0 spiro atoms. The van der Waals surface area contributed by atoms with Gasteiger partial charge in [-0.15, -0.1) is 0 Å². The summed E-state index contributed by atoms with van der Waals surface area (Å²) in [6, 6.07) is 0.158. The Morgan fingerprint density at radius 1 is 1.35 bits per heavy atom. The molecule has 2 N–H and O–H groups in total. The molecule has 1 aliphatic heterocycles. The summed E-state index contributed by atoms with van der Waals surface area (Å²) in [7, 11) is 0. The lowest BCUT2D eigenvalue weighted by Gasteiger charge is -2.28. The molecule has 1 fully saturated rings. The third kappa shape index (κ3) is 2.79. The lowest BCUT2D eigenvalue weighted by Crippen LogP contribution is -2.44. The monoisotopic (exact) mass is 234 g/mol. The van der Waals surface area contributed by atoms with Crippen molar-refractivity contribution in [3.8, 4) is 0 Å². The second-order valence-corrected chi connectivity index (χ2v) is 4.36. The predicted molar refractivity (Wildman–Crippen MR) is 64.4 cm³/mol. The molecule has 1 aliphatic rings. The Morgan fingerprint density at radius 2 is 2.12 bits per heavy atom. The van der Waals surface area contributed by atoms with Gasteiger partial charge >= 0.3 is 0 Å². The van der Waals surface area contributed by atoms with E-state index in [4.69, 9.17) is 5.73 Å². The molecule has 0 aliphatic carbocycles. The first-order valence-electron chi connectivity index (χ1n) is 6.09. The van der Waals surface area contributed by atoms with Crippen molar-refractivity contribution in [1.82, 2.24) is 14.9 Å². The maximum absolute atomic E-state index is 12.3. The van der Waals surface area contributed by atoms with Gasteiger partial charge in [-0.05, 0) is 12.8 Å². The standard InChI is InChI=1S/C12H18N4O/c13-6-11-4-2-1-3-5-16(11)12(17)10-7-14-9-15-8-10/h7-9,11H,1-6,13H2. The number of likely N-dealkylation sites (tertiary alicyclic amines) is 1. The van der Waals surface area contributed by atoms with Gasteiger partial charge in [0, 0.05) is 31.5 Å². The van der Waals surface area contributed by atoms with Crippen molar-refractivity contribution in [1.29, 1.82) is 0 Å². The molecule has 5 nitrogen and oxygen atoms in total. The van der Waals surface area contributed by atoms with Gasteiger partial charge < -0.3 is 10.6 Å². The van der Waals surface area contributed by atoms with Gasteiger partial charge in [0.1, 0.15) is 6.33 Å². The number of hydrogen-bond donors (Lipinski definition) is 1. The molecule has 1 amide bonds. The van der Waals surface area contributed by atoms with Gasteiger partial charge in [-0.2, -0.15) is 0 Å². The van der Waals surface area contributed by atoms with E-state index >= 15 is 0 Å². The first-order valence-corrected chi connectivity index (χ1v) is 6.09. The first-order chi connectivity index (χ1) is 8.33. The molecule has 0 radical (unpaired) electrons. The van der Waals surface area contributed by atoms with Crippen LogP contribution in [0.3, 0.4) is 0 Å². The first kappa shape index (κ1) is 12.0. The number of carbonyl (C=O) groups is 1. The van der Waals surface area contributed by atoms with Crippen LogP contribution in [0.5, 0.6) is 0 Å². The fourth-order valence-corrected chi connectivity index (χ4v) is 2.27. The zero-order valence-electron chi connectivity index (χ0n) is 9.88. The summed E-state index contributed by atoms with van der Waals surface area (Å²) in [5, 5.41) is 0. The van der Waals surface area contributed by atoms with Crippen LogP contribution < -0.4 is 5.73 Å². The molecule has 17 heavy (non-hydrogen) atoms. The summed E-state index contributed by atoms with van der Waals surface area (Å²) in [6.45, 7) is 1.31. The van der Waals surface area contributed by atoms with Crippen LogP contribution in [0.25, 0.3) is 0 Å². The van der Waals surface area contributed by atoms with E-state index in [9.17, 15) is 4.79 Å². The number of aromatic nitrogens is 2. The normalized spacial score (nSPS) is 21.0. The molecular formula is C12H18N4O. The van der Waals surface area contributed by atoms with E-state index in [2.05, 4.69) is 9.97 Å². The van der Waals surface area contributed by atoms with Crippen LogP contribution in [0.15, 0.2) is 18.7 Å². The van der Waals surface area contributed by atoms with Crippen molar-refractivity contribution in [2.45, 2.75) is 31.7 Å². The van der Waals surface area contributed by atoms with Gasteiger partial charge in [0.2, 0.25) is 0 Å². The molecule has 1 unspecified atom stereocenters. The molecule has 92 valence electrons. The van der Waals surface area contributed by atoms with Crippen LogP contribution in [0.1, 0.15) is 36.0 Å². The van der Waals surface area contributed by atoms with E-state index in [-0.39, 0.29) is 11.9 Å². The minimum Gasteiger partial charge on any atom is -0.334 e. The highest BCUT2D eigenvalue weighted by Crippen LogP contribution is 2.18. The van der Waals surface area contributed by atoms with Crippen molar-refractivity contribution < 1.29 is 4.79 Å². The second kappa shape index (κ2) is 5.72. The van der Waals surface area contributed by atoms with Crippen LogP contribution in [0.2, 0.25) is 0 Å². The van der Waals surface area contributed by atoms with Gasteiger partial charge in [0.15, 0.2) is 0 Å². The highest BCUT2D eigenvalue weighted by Gasteiger charge is 2.25. The number of hydrogen-bond acceptors (Lipinski definition) is 4. The van der Waals surface area contributed by atoms with Crippen LogP contribution in [0.4, 0.5) is 0 Å². The van der Waals surface area contributed by atoms with Crippen LogP contribution >= 0.6 is 0 Å². The van der Waals surface area contributed by atoms with Gasteiger partial charge in [0.25, 0.3) is 5.91 Å². The van der Waals surface area contributed by atoms with E-state index in [0.29, 0.717) is 12.1 Å². The topological polar surface area (TPSA) is 72.1 Å². The minimum atomic E-state index is 0.00273. The quantitative estimate of drug-likeness (QED) is 0.822. The van der Waals surface area contributed by atoms with Gasteiger partial charge in [0.05, 0.1) is 5.56 Å². The third-order valence-corrected chi connectivity index (χ3v) is 3.22. The largest absolute Gasteiger partial charge is 0.334 e. The molecule has 2 rings (SSSR count). The van der Waals surface area contributed by atoms with Gasteiger partial charge in [-0.25, -0.2) is 9.97 Å². The second-order valence-electron chi connectivity index (χ2n) is 4.36. The third-order valence-electron chi connectivity index (χ3n) is 3.22. The van der Waals surface area contributed by atoms with E-state index in [0.717, 1.165) is 25.8 Å². The average molecular weight is 234 g/mol. The van der Waals surface area contributed by atoms with E-state index in [1.54, 1.807) is 12.4 Å². The van der Waals surface area contributed by atoms with Crippen LogP contribution in [-0.4, -0.2) is 39.9 Å². The molecule has 1 aromatic heterocycles. The van der Waals surface area contributed by atoms with E-state index in [1.165, 1.54) is 12.7 Å². The molecule has 2 heterocycles. The Labute approximate surface area is 101 Å². The molecule has 0 bridgehead atoms. The maximum Gasteiger partial charge on any atom is 0.257 e. The smallest absolute Gasteiger partial charge is 0.257 e. The Hall–Kier alpha value is -1.49. The Bertz CT molecular complexity index is 368. The van der Waals surface area contributed by atoms with Gasteiger partial charge in [-0.1, -0.05) is 12.8 Å². The van der Waals surface area contributed by atoms with Crippen molar-refractivity contribution >= 4 is 5.91 Å². The molecule has 1 saturated heterocycles. The Balaban J connectivity index is 2.16. The molecular weight excluding hydrogens is 216 g/mol. The number of carbonyl (C=O) groups excluding carboxylic acids is 1. The summed E-state index contributed by atoms with van der Waals surface area (Å²) in [5.41, 5.74) is 6.30.